The Morgan fingerprint density at radius 3 is 2.55 bits per heavy atom. The molecule has 0 aliphatic rings. The summed E-state index contributed by atoms with van der Waals surface area (Å²) in [5.74, 6) is 5.51. The first-order chi connectivity index (χ1) is 9.58. The summed E-state index contributed by atoms with van der Waals surface area (Å²) in [4.78, 5) is 0. The predicted octanol–water partition coefficient (Wildman–Crippen LogP) is 3.00. The molecule has 0 spiro atoms. The number of halogens is 1. The van der Waals surface area contributed by atoms with Gasteiger partial charge in [-0.25, -0.2) is 9.82 Å². The van der Waals surface area contributed by atoms with Crippen LogP contribution in [0.5, 0.6) is 5.75 Å². The minimum atomic E-state index is -0.393. The molecule has 1 atom stereocenters. The summed E-state index contributed by atoms with van der Waals surface area (Å²) in [6, 6.07) is 10.6. The van der Waals surface area contributed by atoms with Crippen LogP contribution >= 0.6 is 0 Å². The average Bonchev–Trinajstić information content (AvgIpc) is 2.44. The molecule has 0 saturated carbocycles. The number of methoxy groups -OCH3 is 1. The number of hydrogen-bond donors (Lipinski definition) is 2. The number of rotatable bonds is 4. The Hall–Kier alpha value is -1.91. The molecule has 106 valence electrons. The molecule has 4 heteroatoms. The second-order valence-corrected chi connectivity index (χ2v) is 4.78. The van der Waals surface area contributed by atoms with Crippen LogP contribution < -0.4 is 16.0 Å². The highest BCUT2D eigenvalue weighted by atomic mass is 19.1. The second kappa shape index (κ2) is 6.03. The van der Waals surface area contributed by atoms with Gasteiger partial charge < -0.3 is 4.74 Å². The number of aryl methyl sites for hydroxylation is 1. The molecule has 3 nitrogen and oxygen atoms in total. The molecule has 0 fully saturated rings. The predicted molar refractivity (Wildman–Crippen MR) is 78.0 cm³/mol. The zero-order valence-electron chi connectivity index (χ0n) is 11.9. The van der Waals surface area contributed by atoms with Crippen molar-refractivity contribution in [3.8, 4) is 5.75 Å². The van der Waals surface area contributed by atoms with E-state index in [1.54, 1.807) is 6.07 Å². The molecule has 0 bridgehead atoms. The number of nitrogens with two attached hydrogens (primary N) is 1. The highest BCUT2D eigenvalue weighted by molar-refractivity contribution is 5.42. The molecule has 3 N–H and O–H groups in total. The van der Waals surface area contributed by atoms with E-state index in [4.69, 9.17) is 10.6 Å². The van der Waals surface area contributed by atoms with Gasteiger partial charge in [-0.3, -0.25) is 5.84 Å². The van der Waals surface area contributed by atoms with Crippen LogP contribution in [0.25, 0.3) is 0 Å². The maximum absolute atomic E-state index is 13.8. The monoisotopic (exact) mass is 274 g/mol. The Balaban J connectivity index is 2.47. The molecule has 0 saturated heterocycles. The summed E-state index contributed by atoms with van der Waals surface area (Å²) in [5, 5.41) is 0. The van der Waals surface area contributed by atoms with Crippen molar-refractivity contribution >= 4 is 0 Å². The molecule has 2 aromatic carbocycles. The molecule has 1 unspecified atom stereocenters. The van der Waals surface area contributed by atoms with Crippen LogP contribution in [-0.2, 0) is 0 Å². The van der Waals surface area contributed by atoms with E-state index < -0.39 is 5.82 Å². The van der Waals surface area contributed by atoms with Gasteiger partial charge in [-0.2, -0.15) is 0 Å². The molecule has 0 radical (unpaired) electrons. The Kier molecular flexibility index (Phi) is 4.37. The van der Waals surface area contributed by atoms with Gasteiger partial charge in [0.2, 0.25) is 0 Å². The van der Waals surface area contributed by atoms with Crippen LogP contribution in [0.3, 0.4) is 0 Å². The Morgan fingerprint density at radius 1 is 1.20 bits per heavy atom. The van der Waals surface area contributed by atoms with Gasteiger partial charge >= 0.3 is 0 Å². The third-order valence-electron chi connectivity index (χ3n) is 3.63. The molecule has 0 aliphatic carbocycles. The summed E-state index contributed by atoms with van der Waals surface area (Å²) in [6.45, 7) is 4.08. The summed E-state index contributed by atoms with van der Waals surface area (Å²) >= 11 is 0. The molecule has 0 aliphatic heterocycles. The number of hydrazine groups is 1. The smallest absolute Gasteiger partial charge is 0.165 e. The van der Waals surface area contributed by atoms with Gasteiger partial charge in [0, 0.05) is 0 Å². The number of hydrogen-bond acceptors (Lipinski definition) is 3. The third kappa shape index (κ3) is 2.66. The lowest BCUT2D eigenvalue weighted by molar-refractivity contribution is 0.385. The Bertz CT molecular complexity index is 613. The van der Waals surface area contributed by atoms with Crippen molar-refractivity contribution in [1.82, 2.24) is 5.43 Å². The van der Waals surface area contributed by atoms with E-state index in [0.29, 0.717) is 0 Å². The maximum atomic E-state index is 13.8. The van der Waals surface area contributed by atoms with Crippen LogP contribution in [0, 0.1) is 19.7 Å². The topological polar surface area (TPSA) is 47.3 Å². The van der Waals surface area contributed by atoms with Crippen LogP contribution in [0.4, 0.5) is 4.39 Å². The lowest BCUT2D eigenvalue weighted by Crippen LogP contribution is -2.29. The van der Waals surface area contributed by atoms with Crippen LogP contribution in [0.15, 0.2) is 36.4 Å². The fourth-order valence-electron chi connectivity index (χ4n) is 2.31. The van der Waals surface area contributed by atoms with Crippen molar-refractivity contribution in [2.24, 2.45) is 5.84 Å². The van der Waals surface area contributed by atoms with E-state index in [1.165, 1.54) is 18.7 Å². The van der Waals surface area contributed by atoms with Crippen molar-refractivity contribution in [2.75, 3.05) is 7.11 Å². The van der Waals surface area contributed by atoms with E-state index in [0.717, 1.165) is 16.7 Å². The SMILES string of the molecule is COc1ccc(C(NN)c2cccc(C)c2C)cc1F. The van der Waals surface area contributed by atoms with E-state index in [2.05, 4.69) is 5.43 Å². The van der Waals surface area contributed by atoms with Gasteiger partial charge in [0.25, 0.3) is 0 Å². The van der Waals surface area contributed by atoms with E-state index in [-0.39, 0.29) is 11.8 Å². The van der Waals surface area contributed by atoms with Crippen molar-refractivity contribution < 1.29 is 9.13 Å². The Labute approximate surface area is 118 Å². The van der Waals surface area contributed by atoms with Crippen molar-refractivity contribution in [2.45, 2.75) is 19.9 Å². The van der Waals surface area contributed by atoms with E-state index in [9.17, 15) is 4.39 Å². The molecule has 0 heterocycles. The first-order valence-corrected chi connectivity index (χ1v) is 6.44. The minimum Gasteiger partial charge on any atom is -0.494 e. The maximum Gasteiger partial charge on any atom is 0.165 e. The normalized spacial score (nSPS) is 12.2. The zero-order valence-corrected chi connectivity index (χ0v) is 11.9. The molecule has 0 amide bonds. The molecule has 2 aromatic rings. The quantitative estimate of drug-likeness (QED) is 0.665. The van der Waals surface area contributed by atoms with Crippen molar-refractivity contribution in [1.29, 1.82) is 0 Å². The largest absolute Gasteiger partial charge is 0.494 e. The van der Waals surface area contributed by atoms with Crippen molar-refractivity contribution in [3.63, 3.8) is 0 Å². The fraction of sp³-hybridized carbons (Fsp3) is 0.250. The lowest BCUT2D eigenvalue weighted by atomic mass is 9.93. The highest BCUT2D eigenvalue weighted by Gasteiger charge is 2.17. The van der Waals surface area contributed by atoms with Gasteiger partial charge in [-0.15, -0.1) is 0 Å². The van der Waals surface area contributed by atoms with E-state index in [1.807, 2.05) is 38.1 Å². The number of ether oxygens (including phenoxy) is 1. The van der Waals surface area contributed by atoms with Crippen LogP contribution in [0.2, 0.25) is 0 Å². The number of benzene rings is 2. The van der Waals surface area contributed by atoms with Gasteiger partial charge in [0.05, 0.1) is 13.2 Å². The summed E-state index contributed by atoms with van der Waals surface area (Å²) < 4.78 is 18.8. The summed E-state index contributed by atoms with van der Waals surface area (Å²) in [6.07, 6.45) is 0. The van der Waals surface area contributed by atoms with Crippen molar-refractivity contribution in [3.05, 3.63) is 64.5 Å². The lowest BCUT2D eigenvalue weighted by Gasteiger charge is -2.20. The fourth-order valence-corrected chi connectivity index (χ4v) is 2.31. The molecule has 2 rings (SSSR count). The molecule has 20 heavy (non-hydrogen) atoms. The van der Waals surface area contributed by atoms with Crippen LogP contribution in [-0.4, -0.2) is 7.11 Å². The first-order valence-electron chi connectivity index (χ1n) is 6.44. The average molecular weight is 274 g/mol. The molecular weight excluding hydrogens is 255 g/mol. The van der Waals surface area contributed by atoms with Crippen LogP contribution in [0.1, 0.15) is 28.3 Å². The molecule has 0 aromatic heterocycles. The van der Waals surface area contributed by atoms with Gasteiger partial charge in [0.1, 0.15) is 0 Å². The third-order valence-corrected chi connectivity index (χ3v) is 3.63. The Morgan fingerprint density at radius 2 is 1.95 bits per heavy atom. The van der Waals surface area contributed by atoms with E-state index >= 15 is 0 Å². The van der Waals surface area contributed by atoms with Gasteiger partial charge in [-0.1, -0.05) is 24.3 Å². The van der Waals surface area contributed by atoms with Gasteiger partial charge in [-0.05, 0) is 48.2 Å². The minimum absolute atomic E-state index is 0.227. The summed E-state index contributed by atoms with van der Waals surface area (Å²) in [7, 11) is 1.45. The second-order valence-electron chi connectivity index (χ2n) is 4.78. The van der Waals surface area contributed by atoms with Gasteiger partial charge in [0.15, 0.2) is 11.6 Å². The first kappa shape index (κ1) is 14.5. The number of nitrogens with one attached hydrogen (secondary N) is 1. The zero-order chi connectivity index (χ0) is 14.7. The summed E-state index contributed by atoms with van der Waals surface area (Å²) in [5.41, 5.74) is 6.88. The highest BCUT2D eigenvalue weighted by Crippen LogP contribution is 2.28. The standard InChI is InChI=1S/C16H19FN2O/c1-10-5-4-6-13(11(10)2)16(19-18)12-7-8-15(20-3)14(17)9-12/h4-9,16,19H,18H2,1-3H3. The molecular formula is C16H19FN2O.